The standard InChI is InChI=1S/C20H32N2O4/c1-4-5-6-7-9-22(20(24)18-15-16(2)26-17(18)3)10-8-19(23)21-11-13-25-14-12-21/h15H,4-14H2,1-3H3. The summed E-state index contributed by atoms with van der Waals surface area (Å²) in [6.07, 6.45) is 4.74. The Morgan fingerprint density at radius 2 is 1.85 bits per heavy atom. The molecule has 1 aliphatic rings. The minimum atomic E-state index is -0.0365. The maximum Gasteiger partial charge on any atom is 0.257 e. The fourth-order valence-electron chi connectivity index (χ4n) is 3.26. The summed E-state index contributed by atoms with van der Waals surface area (Å²) in [5, 5.41) is 0. The average molecular weight is 364 g/mol. The van der Waals surface area contributed by atoms with Gasteiger partial charge in [-0.15, -0.1) is 0 Å². The molecule has 146 valence electrons. The van der Waals surface area contributed by atoms with E-state index in [1.165, 1.54) is 6.42 Å². The molecule has 2 rings (SSSR count). The normalized spacial score (nSPS) is 14.5. The van der Waals surface area contributed by atoms with Crippen LogP contribution < -0.4 is 0 Å². The molecule has 2 heterocycles. The second-order valence-corrected chi connectivity index (χ2v) is 6.92. The quantitative estimate of drug-likeness (QED) is 0.632. The first-order valence-corrected chi connectivity index (χ1v) is 9.74. The summed E-state index contributed by atoms with van der Waals surface area (Å²) < 4.78 is 10.8. The minimum Gasteiger partial charge on any atom is -0.466 e. The van der Waals surface area contributed by atoms with E-state index >= 15 is 0 Å². The van der Waals surface area contributed by atoms with Crippen molar-refractivity contribution in [3.63, 3.8) is 0 Å². The van der Waals surface area contributed by atoms with Gasteiger partial charge in [0.15, 0.2) is 0 Å². The summed E-state index contributed by atoms with van der Waals surface area (Å²) in [6.45, 7) is 9.43. The second-order valence-electron chi connectivity index (χ2n) is 6.92. The Hall–Kier alpha value is -1.82. The van der Waals surface area contributed by atoms with Crippen LogP contribution in [0.2, 0.25) is 0 Å². The third-order valence-electron chi connectivity index (χ3n) is 4.80. The fourth-order valence-corrected chi connectivity index (χ4v) is 3.26. The van der Waals surface area contributed by atoms with Gasteiger partial charge in [-0.05, 0) is 26.3 Å². The molecule has 0 atom stereocenters. The van der Waals surface area contributed by atoms with Gasteiger partial charge in [0.05, 0.1) is 18.8 Å². The summed E-state index contributed by atoms with van der Waals surface area (Å²) in [7, 11) is 0. The van der Waals surface area contributed by atoms with Crippen molar-refractivity contribution in [1.82, 2.24) is 9.80 Å². The van der Waals surface area contributed by atoms with E-state index in [1.54, 1.807) is 6.07 Å². The molecule has 0 aromatic carbocycles. The minimum absolute atomic E-state index is 0.0365. The number of ether oxygens (including phenoxy) is 1. The lowest BCUT2D eigenvalue weighted by atomic mass is 10.1. The third kappa shape index (κ3) is 5.87. The first-order chi connectivity index (χ1) is 12.5. The predicted molar refractivity (Wildman–Crippen MR) is 100 cm³/mol. The van der Waals surface area contributed by atoms with Crippen molar-refractivity contribution in [2.75, 3.05) is 39.4 Å². The molecule has 0 bridgehead atoms. The largest absolute Gasteiger partial charge is 0.466 e. The van der Waals surface area contributed by atoms with Gasteiger partial charge < -0.3 is 19.0 Å². The van der Waals surface area contributed by atoms with Crippen molar-refractivity contribution in [3.8, 4) is 0 Å². The number of hydrogen-bond donors (Lipinski definition) is 0. The number of furan rings is 1. The van der Waals surface area contributed by atoms with Crippen LogP contribution in [0.3, 0.4) is 0 Å². The molecule has 1 aromatic rings. The first-order valence-electron chi connectivity index (χ1n) is 9.74. The van der Waals surface area contributed by atoms with E-state index in [1.807, 2.05) is 23.6 Å². The molecule has 6 nitrogen and oxygen atoms in total. The number of amides is 2. The number of nitrogens with zero attached hydrogens (tertiary/aromatic N) is 2. The van der Waals surface area contributed by atoms with E-state index in [0.717, 1.165) is 25.0 Å². The van der Waals surface area contributed by atoms with Crippen LogP contribution in [-0.2, 0) is 9.53 Å². The topological polar surface area (TPSA) is 63.0 Å². The van der Waals surface area contributed by atoms with Crippen LogP contribution in [0.4, 0.5) is 0 Å². The monoisotopic (exact) mass is 364 g/mol. The highest BCUT2D eigenvalue weighted by Gasteiger charge is 2.23. The molecule has 1 aromatic heterocycles. The molecule has 2 amide bonds. The number of hydrogen-bond acceptors (Lipinski definition) is 4. The van der Waals surface area contributed by atoms with Gasteiger partial charge in [-0.25, -0.2) is 0 Å². The zero-order valence-electron chi connectivity index (χ0n) is 16.4. The van der Waals surface area contributed by atoms with Crippen molar-refractivity contribution >= 4 is 11.8 Å². The molecule has 6 heteroatoms. The van der Waals surface area contributed by atoms with Crippen molar-refractivity contribution < 1.29 is 18.7 Å². The molecule has 0 N–H and O–H groups in total. The zero-order chi connectivity index (χ0) is 18.9. The summed E-state index contributed by atoms with van der Waals surface area (Å²) in [4.78, 5) is 29.0. The number of rotatable bonds is 9. The van der Waals surface area contributed by atoms with E-state index in [9.17, 15) is 9.59 Å². The molecule has 0 unspecified atom stereocenters. The molecule has 0 radical (unpaired) electrons. The van der Waals surface area contributed by atoms with Crippen molar-refractivity contribution in [1.29, 1.82) is 0 Å². The zero-order valence-corrected chi connectivity index (χ0v) is 16.4. The van der Waals surface area contributed by atoms with Gasteiger partial charge in [0, 0.05) is 32.6 Å². The lowest BCUT2D eigenvalue weighted by Gasteiger charge is -2.28. The molecule has 1 saturated heterocycles. The number of carbonyl (C=O) groups is 2. The number of unbranched alkanes of at least 4 members (excludes halogenated alkanes) is 3. The summed E-state index contributed by atoms with van der Waals surface area (Å²) in [6, 6.07) is 1.79. The van der Waals surface area contributed by atoms with Gasteiger partial charge >= 0.3 is 0 Å². The maximum absolute atomic E-state index is 13.0. The smallest absolute Gasteiger partial charge is 0.257 e. The van der Waals surface area contributed by atoms with Crippen LogP contribution in [0.15, 0.2) is 10.5 Å². The van der Waals surface area contributed by atoms with Crippen molar-refractivity contribution in [2.45, 2.75) is 52.9 Å². The van der Waals surface area contributed by atoms with Gasteiger partial charge in [0.2, 0.25) is 5.91 Å². The Morgan fingerprint density at radius 3 is 2.46 bits per heavy atom. The van der Waals surface area contributed by atoms with E-state index in [0.29, 0.717) is 57.1 Å². The van der Waals surface area contributed by atoms with E-state index in [2.05, 4.69) is 6.92 Å². The average Bonchev–Trinajstić information content (AvgIpc) is 2.99. The highest BCUT2D eigenvalue weighted by atomic mass is 16.5. The maximum atomic E-state index is 13.0. The highest BCUT2D eigenvalue weighted by Crippen LogP contribution is 2.17. The third-order valence-corrected chi connectivity index (χ3v) is 4.80. The second kappa shape index (κ2) is 10.4. The van der Waals surface area contributed by atoms with Crippen molar-refractivity contribution in [3.05, 3.63) is 23.2 Å². The number of aryl methyl sites for hydroxylation is 2. The van der Waals surface area contributed by atoms with E-state index < -0.39 is 0 Å². The SMILES string of the molecule is CCCCCCN(CCC(=O)N1CCOCC1)C(=O)c1cc(C)oc1C. The summed E-state index contributed by atoms with van der Waals surface area (Å²) in [5.41, 5.74) is 0.608. The van der Waals surface area contributed by atoms with Gasteiger partial charge in [-0.2, -0.15) is 0 Å². The van der Waals surface area contributed by atoms with Crippen molar-refractivity contribution in [2.24, 2.45) is 0 Å². The van der Waals surface area contributed by atoms with Gasteiger partial charge in [-0.3, -0.25) is 9.59 Å². The molecule has 0 spiro atoms. The first kappa shape index (κ1) is 20.5. The van der Waals surface area contributed by atoms with Gasteiger partial charge in [0.25, 0.3) is 5.91 Å². The Balaban J connectivity index is 1.96. The number of morpholine rings is 1. The van der Waals surface area contributed by atoms with Crippen LogP contribution in [0.25, 0.3) is 0 Å². The Kier molecular flexibility index (Phi) is 8.16. The Labute approximate surface area is 156 Å². The van der Waals surface area contributed by atoms with E-state index in [4.69, 9.17) is 9.15 Å². The molecule has 0 aliphatic carbocycles. The fraction of sp³-hybridized carbons (Fsp3) is 0.700. The van der Waals surface area contributed by atoms with Gasteiger partial charge in [-0.1, -0.05) is 26.2 Å². The van der Waals surface area contributed by atoms with Crippen LogP contribution in [0.1, 0.15) is 60.9 Å². The van der Waals surface area contributed by atoms with E-state index in [-0.39, 0.29) is 11.8 Å². The summed E-state index contributed by atoms with van der Waals surface area (Å²) in [5.74, 6) is 1.44. The van der Waals surface area contributed by atoms with Crippen LogP contribution in [0, 0.1) is 13.8 Å². The predicted octanol–water partition coefficient (Wildman–Crippen LogP) is 3.17. The lowest BCUT2D eigenvalue weighted by Crippen LogP contribution is -2.42. The molecule has 1 fully saturated rings. The number of carbonyl (C=O) groups excluding carboxylic acids is 2. The van der Waals surface area contributed by atoms with Gasteiger partial charge in [0.1, 0.15) is 11.5 Å². The van der Waals surface area contributed by atoms with Crippen LogP contribution >= 0.6 is 0 Å². The molecular weight excluding hydrogens is 332 g/mol. The molecule has 1 aliphatic heterocycles. The Morgan fingerprint density at radius 1 is 1.12 bits per heavy atom. The Bertz CT molecular complexity index is 591. The highest BCUT2D eigenvalue weighted by molar-refractivity contribution is 5.95. The lowest BCUT2D eigenvalue weighted by molar-refractivity contribution is -0.135. The van der Waals surface area contributed by atoms with Crippen LogP contribution in [0.5, 0.6) is 0 Å². The molecular formula is C20H32N2O4. The van der Waals surface area contributed by atoms with Crippen LogP contribution in [-0.4, -0.2) is 61.0 Å². The molecule has 0 saturated carbocycles. The summed E-state index contributed by atoms with van der Waals surface area (Å²) >= 11 is 0. The molecule has 26 heavy (non-hydrogen) atoms.